The highest BCUT2D eigenvalue weighted by molar-refractivity contribution is 5.49. The summed E-state index contributed by atoms with van der Waals surface area (Å²) in [5.41, 5.74) is 2.26. The van der Waals surface area contributed by atoms with Crippen LogP contribution in [0.15, 0.2) is 18.2 Å². The Balaban J connectivity index is 1.84. The Morgan fingerprint density at radius 2 is 2.00 bits per heavy atom. The minimum atomic E-state index is -0.130. The van der Waals surface area contributed by atoms with E-state index in [4.69, 9.17) is 4.74 Å². The number of nitrogens with one attached hydrogen (secondary N) is 1. The van der Waals surface area contributed by atoms with Gasteiger partial charge in [0.25, 0.3) is 0 Å². The van der Waals surface area contributed by atoms with Gasteiger partial charge in [-0.15, -0.1) is 0 Å². The Morgan fingerprint density at radius 3 is 2.67 bits per heavy atom. The molecule has 134 valence electrons. The number of carbonyl (C=O) groups is 1. The maximum Gasteiger partial charge on any atom is 0.210 e. The first-order chi connectivity index (χ1) is 11.4. The fourth-order valence-corrected chi connectivity index (χ4v) is 3.49. The molecule has 1 amide bonds. The van der Waals surface area contributed by atoms with Gasteiger partial charge in [0.05, 0.1) is 6.61 Å². The predicted molar refractivity (Wildman–Crippen MR) is 98.5 cm³/mol. The fraction of sp³-hybridized carbons (Fsp3) is 0.650. The van der Waals surface area contributed by atoms with E-state index >= 15 is 0 Å². The Labute approximate surface area is 146 Å². The largest absolute Gasteiger partial charge is 0.493 e. The Morgan fingerprint density at radius 1 is 1.29 bits per heavy atom. The van der Waals surface area contributed by atoms with Gasteiger partial charge in [-0.3, -0.25) is 4.79 Å². The van der Waals surface area contributed by atoms with Crippen molar-refractivity contribution in [3.8, 4) is 5.75 Å². The third-order valence-electron chi connectivity index (χ3n) is 5.05. The van der Waals surface area contributed by atoms with Crippen molar-refractivity contribution >= 4 is 6.41 Å². The van der Waals surface area contributed by atoms with Gasteiger partial charge in [-0.1, -0.05) is 12.1 Å². The molecule has 0 unspecified atom stereocenters. The average molecular weight is 332 g/mol. The second-order valence-corrected chi connectivity index (χ2v) is 7.53. The van der Waals surface area contributed by atoms with Gasteiger partial charge in [0, 0.05) is 11.6 Å². The molecule has 0 bridgehead atoms. The van der Waals surface area contributed by atoms with Crippen LogP contribution in [0.1, 0.15) is 50.7 Å². The van der Waals surface area contributed by atoms with Crippen LogP contribution in [0, 0.1) is 13.8 Å². The summed E-state index contributed by atoms with van der Waals surface area (Å²) in [6.45, 7) is 11.2. The molecule has 0 aliphatic carbocycles. The predicted octanol–water partition coefficient (Wildman–Crippen LogP) is 3.45. The molecular formula is C20H32N2O2. The Hall–Kier alpha value is -1.55. The third kappa shape index (κ3) is 4.97. The number of aryl methyl sites for hydroxylation is 2. The molecule has 1 aliphatic rings. The van der Waals surface area contributed by atoms with E-state index in [0.29, 0.717) is 12.6 Å². The Bertz CT molecular complexity index is 536. The van der Waals surface area contributed by atoms with Crippen LogP contribution in [-0.4, -0.2) is 42.6 Å². The smallest absolute Gasteiger partial charge is 0.210 e. The van der Waals surface area contributed by atoms with Crippen LogP contribution in [0.3, 0.4) is 0 Å². The maximum absolute atomic E-state index is 11.7. The van der Waals surface area contributed by atoms with Crippen LogP contribution in [0.2, 0.25) is 0 Å². The van der Waals surface area contributed by atoms with Gasteiger partial charge < -0.3 is 15.0 Å². The number of nitrogens with zero attached hydrogens (tertiary/aromatic N) is 1. The molecule has 1 saturated heterocycles. The second-order valence-electron chi connectivity index (χ2n) is 7.53. The number of amides is 1. The quantitative estimate of drug-likeness (QED) is 0.585. The molecule has 1 aromatic carbocycles. The van der Waals surface area contributed by atoms with Crippen molar-refractivity contribution in [2.24, 2.45) is 0 Å². The topological polar surface area (TPSA) is 41.6 Å². The lowest BCUT2D eigenvalue weighted by atomic mass is 9.92. The highest BCUT2D eigenvalue weighted by Gasteiger charge is 2.31. The highest BCUT2D eigenvalue weighted by atomic mass is 16.5. The molecule has 4 heteroatoms. The van der Waals surface area contributed by atoms with Gasteiger partial charge in [0.2, 0.25) is 6.41 Å². The van der Waals surface area contributed by atoms with Crippen molar-refractivity contribution in [1.82, 2.24) is 10.2 Å². The molecule has 1 N–H and O–H groups in total. The number of carbonyl (C=O) groups excluding carboxylic acids is 1. The normalized spacial score (nSPS) is 16.0. The molecule has 1 aliphatic heterocycles. The van der Waals surface area contributed by atoms with E-state index in [1.807, 2.05) is 4.90 Å². The molecule has 0 atom stereocenters. The summed E-state index contributed by atoms with van der Waals surface area (Å²) in [7, 11) is 0. The van der Waals surface area contributed by atoms with E-state index in [1.54, 1.807) is 0 Å². The van der Waals surface area contributed by atoms with E-state index in [-0.39, 0.29) is 5.54 Å². The summed E-state index contributed by atoms with van der Waals surface area (Å²) < 4.78 is 5.96. The molecule has 1 fully saturated rings. The van der Waals surface area contributed by atoms with Gasteiger partial charge in [-0.05, 0) is 83.7 Å². The van der Waals surface area contributed by atoms with E-state index in [9.17, 15) is 4.79 Å². The van der Waals surface area contributed by atoms with Gasteiger partial charge in [0.15, 0.2) is 0 Å². The van der Waals surface area contributed by atoms with Crippen LogP contribution in [0.4, 0.5) is 0 Å². The van der Waals surface area contributed by atoms with Gasteiger partial charge in [-0.2, -0.15) is 0 Å². The van der Waals surface area contributed by atoms with Crippen molar-refractivity contribution < 1.29 is 9.53 Å². The first-order valence-corrected chi connectivity index (χ1v) is 9.08. The maximum atomic E-state index is 11.7. The summed E-state index contributed by atoms with van der Waals surface area (Å²) in [4.78, 5) is 13.7. The van der Waals surface area contributed by atoms with E-state index in [1.165, 1.54) is 11.1 Å². The van der Waals surface area contributed by atoms with E-state index < -0.39 is 0 Å². The molecule has 0 radical (unpaired) electrons. The minimum absolute atomic E-state index is 0.130. The zero-order chi connectivity index (χ0) is 17.6. The van der Waals surface area contributed by atoms with Crippen molar-refractivity contribution in [3.63, 3.8) is 0 Å². The van der Waals surface area contributed by atoms with Crippen molar-refractivity contribution in [2.75, 3.05) is 19.7 Å². The van der Waals surface area contributed by atoms with E-state index in [0.717, 1.165) is 50.9 Å². The summed E-state index contributed by atoms with van der Waals surface area (Å²) in [6.07, 6.45) is 5.01. The van der Waals surface area contributed by atoms with Gasteiger partial charge in [-0.25, -0.2) is 0 Å². The molecule has 4 nitrogen and oxygen atoms in total. The van der Waals surface area contributed by atoms with Crippen molar-refractivity contribution in [1.29, 1.82) is 0 Å². The highest BCUT2D eigenvalue weighted by Crippen LogP contribution is 2.26. The third-order valence-corrected chi connectivity index (χ3v) is 5.05. The SMILES string of the molecule is Cc1ccc(C)c(OCCCC(C)(C)N(C=O)C2CCNCC2)c1. The number of piperidine rings is 1. The van der Waals surface area contributed by atoms with Gasteiger partial charge in [0.1, 0.15) is 5.75 Å². The number of hydrogen-bond donors (Lipinski definition) is 1. The summed E-state index contributed by atoms with van der Waals surface area (Å²) in [5.74, 6) is 0.971. The molecule has 1 aromatic rings. The standard InChI is InChI=1S/C20H32N2O2/c1-16-6-7-17(2)19(14-16)24-13-5-10-20(3,4)22(15-23)18-8-11-21-12-9-18/h6-7,14-15,18,21H,5,8-13H2,1-4H3. The van der Waals surface area contributed by atoms with Crippen molar-refractivity contribution in [2.45, 2.75) is 65.0 Å². The molecule has 1 heterocycles. The van der Waals surface area contributed by atoms with Crippen molar-refractivity contribution in [3.05, 3.63) is 29.3 Å². The first kappa shape index (κ1) is 18.8. The summed E-state index contributed by atoms with van der Waals surface area (Å²) >= 11 is 0. The minimum Gasteiger partial charge on any atom is -0.493 e. The average Bonchev–Trinajstić information content (AvgIpc) is 2.56. The van der Waals surface area contributed by atoms with Crippen LogP contribution in [0.25, 0.3) is 0 Å². The first-order valence-electron chi connectivity index (χ1n) is 9.08. The lowest BCUT2D eigenvalue weighted by molar-refractivity contribution is -0.127. The lowest BCUT2D eigenvalue weighted by Gasteiger charge is -2.43. The molecular weight excluding hydrogens is 300 g/mol. The molecule has 2 rings (SSSR count). The zero-order valence-electron chi connectivity index (χ0n) is 15.6. The van der Waals surface area contributed by atoms with Crippen LogP contribution >= 0.6 is 0 Å². The van der Waals surface area contributed by atoms with Crippen LogP contribution in [0.5, 0.6) is 5.75 Å². The number of benzene rings is 1. The molecule has 24 heavy (non-hydrogen) atoms. The van der Waals surface area contributed by atoms with E-state index in [2.05, 4.69) is 51.2 Å². The Kier molecular flexibility index (Phi) is 6.67. The monoisotopic (exact) mass is 332 g/mol. The lowest BCUT2D eigenvalue weighted by Crippen LogP contribution is -2.52. The summed E-state index contributed by atoms with van der Waals surface area (Å²) in [6, 6.07) is 6.65. The molecule has 0 saturated carbocycles. The number of ether oxygens (including phenoxy) is 1. The van der Waals surface area contributed by atoms with Gasteiger partial charge >= 0.3 is 0 Å². The zero-order valence-corrected chi connectivity index (χ0v) is 15.6. The number of hydrogen-bond acceptors (Lipinski definition) is 3. The summed E-state index contributed by atoms with van der Waals surface area (Å²) in [5, 5.41) is 3.36. The van der Waals surface area contributed by atoms with Crippen LogP contribution in [-0.2, 0) is 4.79 Å². The van der Waals surface area contributed by atoms with Crippen LogP contribution < -0.4 is 10.1 Å². The second kappa shape index (κ2) is 8.52. The molecule has 0 aromatic heterocycles. The number of rotatable bonds is 8. The molecule has 0 spiro atoms. The fourth-order valence-electron chi connectivity index (χ4n) is 3.49.